The Morgan fingerprint density at radius 3 is 0.959 bits per heavy atom. The molecule has 0 amide bonds. The van der Waals surface area contributed by atoms with Crippen LogP contribution in [-0.2, 0) is 38.8 Å². The molecule has 73 heavy (non-hydrogen) atoms. The van der Waals surface area contributed by atoms with Crippen molar-refractivity contribution < 1.29 is 35.6 Å². The lowest BCUT2D eigenvalue weighted by molar-refractivity contribution is -0.00331. The summed E-state index contributed by atoms with van der Waals surface area (Å²) >= 11 is 0. The highest BCUT2D eigenvalue weighted by Gasteiger charge is 2.43. The second kappa shape index (κ2) is 26.1. The number of hydrogen-bond donors (Lipinski definition) is 0. The van der Waals surface area contributed by atoms with Gasteiger partial charge in [-0.05, 0) is 181 Å². The molecule has 2 unspecified atom stereocenters. The van der Waals surface area contributed by atoms with Crippen LogP contribution in [0.25, 0.3) is 0 Å². The summed E-state index contributed by atoms with van der Waals surface area (Å²) in [6.45, 7) is 40.7. The van der Waals surface area contributed by atoms with E-state index in [2.05, 4.69) is 125 Å². The molecular weight excluding hydrogens is 967 g/mol. The molecule has 4 saturated carbocycles. The van der Waals surface area contributed by atoms with E-state index < -0.39 is 27.0 Å². The van der Waals surface area contributed by atoms with Gasteiger partial charge in [-0.1, -0.05) is 162 Å². The van der Waals surface area contributed by atoms with E-state index in [1.54, 1.807) is 0 Å². The Morgan fingerprint density at radius 1 is 0.466 bits per heavy atom. The lowest BCUT2D eigenvalue weighted by atomic mass is 9.75. The third-order valence-corrected chi connectivity index (χ3v) is 23.1. The summed E-state index contributed by atoms with van der Waals surface area (Å²) in [6, 6.07) is 11.6. The third kappa shape index (κ3) is 15.5. The Labute approximate surface area is 450 Å². The Balaban J connectivity index is 1.51. The van der Waals surface area contributed by atoms with E-state index in [9.17, 15) is 0 Å². The first kappa shape index (κ1) is 60.9. The zero-order valence-corrected chi connectivity index (χ0v) is 51.8. The van der Waals surface area contributed by atoms with Gasteiger partial charge in [-0.3, -0.25) is 18.1 Å². The molecule has 416 valence electrons. The van der Waals surface area contributed by atoms with Crippen LogP contribution in [0.5, 0.6) is 11.5 Å². The molecule has 2 aromatic carbocycles. The Bertz CT molecular complexity index is 1940. The van der Waals surface area contributed by atoms with Crippen molar-refractivity contribution in [1.82, 2.24) is 0 Å². The van der Waals surface area contributed by atoms with Crippen molar-refractivity contribution in [3.8, 4) is 11.5 Å². The van der Waals surface area contributed by atoms with Crippen molar-refractivity contribution in [2.75, 3.05) is 0 Å². The molecule has 0 aromatic heterocycles. The second-order valence-electron chi connectivity index (χ2n) is 26.8. The summed E-state index contributed by atoms with van der Waals surface area (Å²) in [7, 11) is -8.44. The molecule has 0 N–H and O–H groups in total. The molecular formula is C62H104O8P2S. The van der Waals surface area contributed by atoms with Gasteiger partial charge in [0.25, 0.3) is 0 Å². The van der Waals surface area contributed by atoms with Crippen molar-refractivity contribution in [1.29, 1.82) is 0 Å². The van der Waals surface area contributed by atoms with E-state index in [0.29, 0.717) is 71.0 Å². The molecule has 6 rings (SSSR count). The monoisotopic (exact) mass is 1070 g/mol. The van der Waals surface area contributed by atoms with Crippen LogP contribution in [0.1, 0.15) is 226 Å². The molecule has 4 aliphatic rings. The fourth-order valence-corrected chi connectivity index (χ4v) is 17.1. The van der Waals surface area contributed by atoms with E-state index >= 15 is 8.42 Å². The van der Waals surface area contributed by atoms with E-state index in [0.717, 1.165) is 75.3 Å². The quantitative estimate of drug-likeness (QED) is 0.108. The van der Waals surface area contributed by atoms with Crippen LogP contribution in [0.3, 0.4) is 0 Å². The Hall–Kier alpha value is -1.31. The zero-order chi connectivity index (χ0) is 53.7. The molecule has 4 aliphatic carbocycles. The lowest BCUT2D eigenvalue weighted by Gasteiger charge is -2.41. The largest absolute Gasteiger partial charge is 0.425 e. The Morgan fingerprint density at radius 2 is 0.726 bits per heavy atom. The predicted octanol–water partition coefficient (Wildman–Crippen LogP) is 19.0. The second-order valence-corrected chi connectivity index (χ2v) is 30.8. The highest BCUT2D eigenvalue weighted by molar-refractivity contribution is 7.91. The normalized spacial score (nSPS) is 30.4. The van der Waals surface area contributed by atoms with Crippen LogP contribution in [0.15, 0.2) is 46.2 Å². The maximum Gasteiger partial charge on any atom is 0.397 e. The van der Waals surface area contributed by atoms with Crippen LogP contribution in [0.4, 0.5) is 0 Å². The highest BCUT2D eigenvalue weighted by Crippen LogP contribution is 2.56. The van der Waals surface area contributed by atoms with Gasteiger partial charge >= 0.3 is 17.2 Å². The number of rotatable bonds is 22. The first-order valence-corrected chi connectivity index (χ1v) is 33.1. The highest BCUT2D eigenvalue weighted by atomic mass is 32.2. The fourth-order valence-electron chi connectivity index (χ4n) is 12.6. The van der Waals surface area contributed by atoms with Gasteiger partial charge in [0.2, 0.25) is 9.84 Å². The summed E-state index contributed by atoms with van der Waals surface area (Å²) < 4.78 is 76.0. The molecule has 2 aromatic rings. The molecule has 0 heterocycles. The minimum Gasteiger partial charge on any atom is -0.425 e. The molecule has 0 bridgehead atoms. The van der Waals surface area contributed by atoms with E-state index in [1.807, 2.05) is 36.4 Å². The topological polar surface area (TPSA) is 89.5 Å². The van der Waals surface area contributed by atoms with Crippen molar-refractivity contribution in [3.05, 3.63) is 47.5 Å². The average molecular weight is 1070 g/mol. The number of hydrogen-bond acceptors (Lipinski definition) is 8. The smallest absolute Gasteiger partial charge is 0.397 e. The molecule has 0 spiro atoms. The molecule has 0 radical (unpaired) electrons. The SMILES string of the molecule is CCC(C)(C)c1ccc(OP(O[C@@H]2C[C@H](C)CCC2C(C)C)O[C@@H]2C[C@H](C)CC[C@H]2C(C)C)c(S(=O)(=O)c2cc(C(C)(C)CC)ccc2OP(O[C@@H]2C[C@H](C)CC[C@H]2C(C)C)O[C@@H]2C[C@H](C)CC[C@H]2C(C)C)c1. The molecule has 4 fully saturated rings. The van der Waals surface area contributed by atoms with Gasteiger partial charge in [0.1, 0.15) is 21.3 Å². The van der Waals surface area contributed by atoms with Gasteiger partial charge in [0.05, 0.1) is 24.4 Å². The summed E-state index contributed by atoms with van der Waals surface area (Å²) in [4.78, 5) is 0.205. The number of sulfone groups is 1. The first-order chi connectivity index (χ1) is 34.2. The fraction of sp³-hybridized carbons (Fsp3) is 0.806. The summed E-state index contributed by atoms with van der Waals surface area (Å²) in [5, 5.41) is 0. The van der Waals surface area contributed by atoms with Gasteiger partial charge in [0, 0.05) is 0 Å². The van der Waals surface area contributed by atoms with Crippen molar-refractivity contribution in [2.45, 2.75) is 260 Å². The van der Waals surface area contributed by atoms with Crippen molar-refractivity contribution in [3.63, 3.8) is 0 Å². The first-order valence-electron chi connectivity index (χ1n) is 29.4. The van der Waals surface area contributed by atoms with Crippen molar-refractivity contribution >= 4 is 27.0 Å². The maximum absolute atomic E-state index is 16.4. The third-order valence-electron chi connectivity index (χ3n) is 18.9. The van der Waals surface area contributed by atoms with Crippen LogP contribution < -0.4 is 9.05 Å². The zero-order valence-electron chi connectivity index (χ0n) is 49.2. The van der Waals surface area contributed by atoms with Gasteiger partial charge in [-0.15, -0.1) is 0 Å². The van der Waals surface area contributed by atoms with Crippen molar-refractivity contribution in [2.24, 2.45) is 71.0 Å². The molecule has 0 saturated heterocycles. The lowest BCUT2D eigenvalue weighted by Crippen LogP contribution is -2.36. The van der Waals surface area contributed by atoms with E-state index in [-0.39, 0.29) is 56.5 Å². The van der Waals surface area contributed by atoms with Gasteiger partial charge in [-0.2, -0.15) is 0 Å². The van der Waals surface area contributed by atoms with E-state index in [1.165, 1.54) is 25.7 Å². The number of benzene rings is 2. The summed E-state index contributed by atoms with van der Waals surface area (Å²) in [5.74, 6) is 5.62. The van der Waals surface area contributed by atoms with E-state index in [4.69, 9.17) is 27.1 Å². The predicted molar refractivity (Wildman–Crippen MR) is 305 cm³/mol. The molecule has 0 aliphatic heterocycles. The van der Waals surface area contributed by atoms with Crippen LogP contribution >= 0.6 is 17.2 Å². The summed E-state index contributed by atoms with van der Waals surface area (Å²) in [6.07, 6.45) is 14.1. The Kier molecular flexibility index (Phi) is 21.8. The van der Waals surface area contributed by atoms with Gasteiger partial charge in [0.15, 0.2) is 0 Å². The molecule has 13 atom stereocenters. The summed E-state index contributed by atoms with van der Waals surface area (Å²) in [5.41, 5.74) is 1.21. The van der Waals surface area contributed by atoms with Crippen LogP contribution in [0.2, 0.25) is 0 Å². The van der Waals surface area contributed by atoms with Gasteiger partial charge < -0.3 is 9.05 Å². The minimum atomic E-state index is -4.39. The molecule has 11 heteroatoms. The minimum absolute atomic E-state index is 0.0659. The molecule has 8 nitrogen and oxygen atoms in total. The average Bonchev–Trinajstić information content (AvgIpc) is 3.31. The van der Waals surface area contributed by atoms with Crippen LogP contribution in [-0.4, -0.2) is 32.8 Å². The van der Waals surface area contributed by atoms with Crippen LogP contribution in [0, 0.1) is 71.0 Å². The standard InChI is InChI=1S/C62H104O8P2S/c1-19-61(15,16)47-25-31-53(65-71(67-55-33-43(11)21-27-49(55)39(3)4)68-56-34-44(12)22-28-50(56)40(5)6)59(37-47)73(63,64)60-38-48(62(17,18)20-2)26-32-54(60)66-72(69-57-35-45(13)23-29-51(57)41(7)8)70-58-36-46(14)24-30-52(58)42(9)10/h25-26,31-32,37-46,49-52,55-58H,19-24,27-30,33-36H2,1-18H3/t43-,44-,45-,46-,49+,50+,51+,52?,55-,56-,57-,58-,72?/m1/s1. The maximum atomic E-state index is 16.4. The van der Waals surface area contributed by atoms with Gasteiger partial charge in [-0.25, -0.2) is 8.42 Å².